The number of anilines is 1. The summed E-state index contributed by atoms with van der Waals surface area (Å²) < 4.78 is 0. The van der Waals surface area contributed by atoms with Gasteiger partial charge in [-0.1, -0.05) is 0 Å². The van der Waals surface area contributed by atoms with E-state index in [1.165, 1.54) is 6.07 Å². The number of fused-ring (bicyclic) bond motifs is 1. The number of hydrazine groups is 1. The molecule has 3 rings (SSSR count). The molecule has 22 heavy (non-hydrogen) atoms. The Kier molecular flexibility index (Phi) is 2.87. The largest absolute Gasteiger partial charge is 0.363 e. The van der Waals surface area contributed by atoms with Gasteiger partial charge in [0.1, 0.15) is 12.4 Å². The average Bonchev–Trinajstić information content (AvgIpc) is 2.87. The number of aromatic nitrogens is 1. The predicted molar refractivity (Wildman–Crippen MR) is 74.0 cm³/mol. The topological polar surface area (TPSA) is 103 Å². The van der Waals surface area contributed by atoms with Crippen molar-refractivity contribution in [2.45, 2.75) is 6.92 Å². The Hall–Kier alpha value is -2.97. The molecule has 0 aliphatic carbocycles. The summed E-state index contributed by atoms with van der Waals surface area (Å²) in [5.41, 5.74) is 0.726. The van der Waals surface area contributed by atoms with E-state index in [2.05, 4.69) is 4.98 Å². The lowest BCUT2D eigenvalue weighted by Crippen LogP contribution is -2.48. The maximum Gasteiger partial charge on any atom is 0.343 e. The summed E-state index contributed by atoms with van der Waals surface area (Å²) in [4.78, 5) is 53.9. The van der Waals surface area contributed by atoms with E-state index in [9.17, 15) is 19.2 Å². The van der Waals surface area contributed by atoms with E-state index >= 15 is 0 Å². The van der Waals surface area contributed by atoms with Crippen LogP contribution in [0.3, 0.4) is 0 Å². The zero-order valence-corrected chi connectivity index (χ0v) is 12.2. The highest BCUT2D eigenvalue weighted by molar-refractivity contribution is 6.23. The normalized spacial score (nSPS) is 17.2. The van der Waals surface area contributed by atoms with Gasteiger partial charge in [-0.25, -0.2) is 14.8 Å². The second kappa shape index (κ2) is 4.52. The second-order valence-corrected chi connectivity index (χ2v) is 5.22. The first-order valence-corrected chi connectivity index (χ1v) is 6.50. The summed E-state index contributed by atoms with van der Waals surface area (Å²) in [5, 5.41) is 3.53. The molecule has 0 unspecified atom stereocenters. The van der Waals surface area contributed by atoms with Gasteiger partial charge < -0.3 is 4.90 Å². The lowest BCUT2D eigenvalue weighted by atomic mass is 10.1. The number of pyridine rings is 1. The van der Waals surface area contributed by atoms with Crippen LogP contribution in [-0.4, -0.2) is 59.4 Å². The molecule has 0 aromatic carbocycles. The van der Waals surface area contributed by atoms with E-state index in [-0.39, 0.29) is 17.7 Å². The van der Waals surface area contributed by atoms with E-state index in [0.717, 1.165) is 5.01 Å². The fourth-order valence-electron chi connectivity index (χ4n) is 2.45. The monoisotopic (exact) mass is 303 g/mol. The molecule has 1 aromatic heterocycles. The number of hydrogen-bond donors (Lipinski definition) is 1. The van der Waals surface area contributed by atoms with E-state index < -0.39 is 23.8 Å². The van der Waals surface area contributed by atoms with Crippen molar-refractivity contribution in [2.24, 2.45) is 0 Å². The molecule has 2 aliphatic heterocycles. The van der Waals surface area contributed by atoms with Crippen LogP contribution in [0.25, 0.3) is 0 Å². The third-order valence-corrected chi connectivity index (χ3v) is 3.49. The Morgan fingerprint density at radius 3 is 2.41 bits per heavy atom. The van der Waals surface area contributed by atoms with Crippen molar-refractivity contribution in [3.63, 3.8) is 0 Å². The van der Waals surface area contributed by atoms with Gasteiger partial charge in [0.2, 0.25) is 5.91 Å². The number of imide groups is 2. The maximum atomic E-state index is 12.5. The third-order valence-electron chi connectivity index (χ3n) is 3.49. The number of amides is 5. The Morgan fingerprint density at radius 1 is 1.18 bits per heavy atom. The van der Waals surface area contributed by atoms with Crippen LogP contribution in [0, 0.1) is 6.92 Å². The summed E-state index contributed by atoms with van der Waals surface area (Å²) in [6, 6.07) is 0.705. The van der Waals surface area contributed by atoms with Crippen LogP contribution in [0.5, 0.6) is 0 Å². The SMILES string of the molecule is Cc1nc(N(C)C)cc2c1C(=O)N(N1CC(=O)NC1=O)C2=O. The number of rotatable bonds is 2. The smallest absolute Gasteiger partial charge is 0.343 e. The molecular weight excluding hydrogens is 290 g/mol. The molecule has 1 aromatic rings. The van der Waals surface area contributed by atoms with Crippen LogP contribution in [-0.2, 0) is 4.79 Å². The number of carbonyl (C=O) groups excluding carboxylic acids is 4. The van der Waals surface area contributed by atoms with Crippen molar-refractivity contribution in [2.75, 3.05) is 25.5 Å². The van der Waals surface area contributed by atoms with Crippen LogP contribution >= 0.6 is 0 Å². The molecule has 1 fully saturated rings. The van der Waals surface area contributed by atoms with Gasteiger partial charge in [0.05, 0.1) is 16.8 Å². The minimum absolute atomic E-state index is 0.155. The molecular formula is C13H13N5O4. The molecule has 9 nitrogen and oxygen atoms in total. The lowest BCUT2D eigenvalue weighted by molar-refractivity contribution is -0.119. The van der Waals surface area contributed by atoms with Crippen LogP contribution in [0.4, 0.5) is 10.6 Å². The molecule has 9 heteroatoms. The molecule has 3 heterocycles. The van der Waals surface area contributed by atoms with Gasteiger partial charge in [0, 0.05) is 14.1 Å². The van der Waals surface area contributed by atoms with Gasteiger partial charge in [-0.05, 0) is 13.0 Å². The van der Waals surface area contributed by atoms with Crippen LogP contribution in [0.15, 0.2) is 6.07 Å². The molecule has 114 valence electrons. The van der Waals surface area contributed by atoms with E-state index in [1.807, 2.05) is 5.32 Å². The van der Waals surface area contributed by atoms with Gasteiger partial charge in [-0.15, -0.1) is 0 Å². The van der Waals surface area contributed by atoms with E-state index in [1.54, 1.807) is 25.9 Å². The molecule has 0 saturated carbocycles. The number of nitrogens with one attached hydrogen (secondary N) is 1. The molecule has 5 amide bonds. The Labute approximate surface area is 125 Å². The summed E-state index contributed by atoms with van der Waals surface area (Å²) in [6.45, 7) is 1.26. The van der Waals surface area contributed by atoms with Crippen molar-refractivity contribution in [1.29, 1.82) is 0 Å². The summed E-state index contributed by atoms with van der Waals surface area (Å²) >= 11 is 0. The summed E-state index contributed by atoms with van der Waals surface area (Å²) in [7, 11) is 3.53. The fourth-order valence-corrected chi connectivity index (χ4v) is 2.45. The Morgan fingerprint density at radius 2 is 1.86 bits per heavy atom. The molecule has 1 N–H and O–H groups in total. The third kappa shape index (κ3) is 1.82. The van der Waals surface area contributed by atoms with Crippen LogP contribution in [0.2, 0.25) is 0 Å². The zero-order valence-electron chi connectivity index (χ0n) is 12.2. The number of hydrogen-bond acceptors (Lipinski definition) is 6. The van der Waals surface area contributed by atoms with Crippen molar-refractivity contribution < 1.29 is 19.2 Å². The number of urea groups is 1. The van der Waals surface area contributed by atoms with Crippen LogP contribution < -0.4 is 10.2 Å². The Bertz CT molecular complexity index is 742. The highest BCUT2D eigenvalue weighted by atomic mass is 16.2. The predicted octanol–water partition coefficient (Wildman–Crippen LogP) is -0.481. The van der Waals surface area contributed by atoms with Crippen molar-refractivity contribution in [3.8, 4) is 0 Å². The van der Waals surface area contributed by atoms with Gasteiger partial charge in [-0.2, -0.15) is 5.01 Å². The van der Waals surface area contributed by atoms with Gasteiger partial charge in [0.15, 0.2) is 0 Å². The molecule has 1 saturated heterocycles. The molecule has 2 aliphatic rings. The molecule has 0 spiro atoms. The zero-order chi connectivity index (χ0) is 16.2. The number of aryl methyl sites for hydroxylation is 1. The van der Waals surface area contributed by atoms with Crippen LogP contribution in [0.1, 0.15) is 26.4 Å². The summed E-state index contributed by atoms with van der Waals surface area (Å²) in [5.74, 6) is -1.33. The van der Waals surface area contributed by atoms with Crippen molar-refractivity contribution in [1.82, 2.24) is 20.3 Å². The standard InChI is InChI=1S/C13H13N5O4/c1-6-10-7(4-8(14-6)16(2)3)11(20)18(12(10)21)17-5-9(19)15-13(17)22/h4H,5H2,1-3H3,(H,15,19,22). The average molecular weight is 303 g/mol. The van der Waals surface area contributed by atoms with E-state index in [0.29, 0.717) is 16.5 Å². The number of carbonyl (C=O) groups is 4. The van der Waals surface area contributed by atoms with E-state index in [4.69, 9.17) is 0 Å². The summed E-state index contributed by atoms with van der Waals surface area (Å²) in [6.07, 6.45) is 0. The highest BCUT2D eigenvalue weighted by Crippen LogP contribution is 2.29. The first kappa shape index (κ1) is 14.0. The molecule has 0 radical (unpaired) electrons. The van der Waals surface area contributed by atoms with Crippen molar-refractivity contribution in [3.05, 3.63) is 22.9 Å². The van der Waals surface area contributed by atoms with Gasteiger partial charge in [0.25, 0.3) is 11.8 Å². The lowest BCUT2D eigenvalue weighted by Gasteiger charge is -2.22. The number of nitrogens with zero attached hydrogens (tertiary/aromatic N) is 4. The Balaban J connectivity index is 2.07. The maximum absolute atomic E-state index is 12.5. The fraction of sp³-hybridized carbons (Fsp3) is 0.308. The minimum Gasteiger partial charge on any atom is -0.363 e. The molecule has 0 atom stereocenters. The molecule has 0 bridgehead atoms. The highest BCUT2D eigenvalue weighted by Gasteiger charge is 2.46. The first-order chi connectivity index (χ1) is 10.3. The second-order valence-electron chi connectivity index (χ2n) is 5.22. The van der Waals surface area contributed by atoms with Gasteiger partial charge >= 0.3 is 6.03 Å². The minimum atomic E-state index is -0.794. The van der Waals surface area contributed by atoms with Gasteiger partial charge in [-0.3, -0.25) is 19.7 Å². The quantitative estimate of drug-likeness (QED) is 0.584. The van der Waals surface area contributed by atoms with Crippen molar-refractivity contribution >= 4 is 29.6 Å². The first-order valence-electron chi connectivity index (χ1n) is 6.50.